The molecule has 2 aliphatic rings. The van der Waals surface area contributed by atoms with E-state index in [1.807, 2.05) is 0 Å². The van der Waals surface area contributed by atoms with Crippen LogP contribution in [0.5, 0.6) is 0 Å². The summed E-state index contributed by atoms with van der Waals surface area (Å²) in [6.07, 6.45) is 0. The Morgan fingerprint density at radius 1 is 0.300 bits per heavy atom. The lowest BCUT2D eigenvalue weighted by Crippen LogP contribution is -2.15. The van der Waals surface area contributed by atoms with Crippen LogP contribution in [0, 0.1) is 27.7 Å². The van der Waals surface area contributed by atoms with Crippen LogP contribution in [-0.2, 0) is 10.8 Å². The van der Waals surface area contributed by atoms with Crippen molar-refractivity contribution in [1.82, 2.24) is 9.13 Å². The second-order valence-electron chi connectivity index (χ2n) is 21.3. The van der Waals surface area contributed by atoms with Crippen molar-refractivity contribution in [3.8, 4) is 55.9 Å². The molecule has 0 amide bonds. The van der Waals surface area contributed by atoms with E-state index in [2.05, 4.69) is 247 Å². The predicted octanol–water partition coefficient (Wildman–Crippen LogP) is 18.2. The van der Waals surface area contributed by atoms with Crippen molar-refractivity contribution in [3.63, 3.8) is 0 Å². The van der Waals surface area contributed by atoms with Gasteiger partial charge in [0.1, 0.15) is 0 Å². The summed E-state index contributed by atoms with van der Waals surface area (Å²) in [6.45, 7) is 19.0. The average Bonchev–Trinajstić information content (AvgIpc) is 3.99. The summed E-state index contributed by atoms with van der Waals surface area (Å²) in [5, 5.41) is 10.5. The van der Waals surface area contributed by atoms with Gasteiger partial charge in [-0.3, -0.25) is 0 Å². The number of aryl methyl sites for hydroxylation is 2. The largest absolute Gasteiger partial charge is 0.313 e. The predicted molar refractivity (Wildman–Crippen MR) is 298 cm³/mol. The number of nitrogens with zero attached hydrogens (tertiary/aromatic N) is 2. The minimum absolute atomic E-state index is 0.166. The van der Waals surface area contributed by atoms with E-state index in [9.17, 15) is 0 Å². The third-order valence-corrected chi connectivity index (χ3v) is 17.1. The minimum atomic E-state index is -0.166. The second kappa shape index (κ2) is 14.3. The molecular weight excluding hydrogens is 845 g/mol. The third-order valence-electron chi connectivity index (χ3n) is 17.1. The Labute approximate surface area is 410 Å². The SMILES string of the molecule is Cc1c(C)n(-c2ccc3c(c2)C(C)(C)c2cc(-c4ccccc4)ccc2-3)c2c3ccccc3c3c4c(C)c(C)n(-c5ccc6c(c5)C(C)(C)c5cc(-c7ccccc7)ccc5-6)c4c4ccccc4c3c12. The summed E-state index contributed by atoms with van der Waals surface area (Å²) in [5.41, 5.74) is 25.8. The normalized spacial score (nSPS) is 14.2. The highest BCUT2D eigenvalue weighted by Crippen LogP contribution is 2.54. The van der Waals surface area contributed by atoms with E-state index in [-0.39, 0.29) is 10.8 Å². The number of benzene rings is 10. The zero-order valence-electron chi connectivity index (χ0n) is 41.2. The molecule has 0 atom stereocenters. The molecule has 2 aliphatic carbocycles. The van der Waals surface area contributed by atoms with Crippen LogP contribution in [0.4, 0.5) is 0 Å². The Kier molecular flexibility index (Phi) is 8.40. The molecular formula is C68H54N2. The molecule has 0 saturated carbocycles. The molecule has 10 aromatic carbocycles. The zero-order chi connectivity index (χ0) is 47.5. The highest BCUT2D eigenvalue weighted by molar-refractivity contribution is 6.40. The van der Waals surface area contributed by atoms with E-state index in [1.165, 1.54) is 155 Å². The van der Waals surface area contributed by atoms with Crippen molar-refractivity contribution in [1.29, 1.82) is 0 Å². The van der Waals surface area contributed by atoms with Crippen LogP contribution < -0.4 is 0 Å². The number of fused-ring (bicyclic) bond motifs is 17. The fraction of sp³-hybridized carbons (Fsp3) is 0.147. The van der Waals surface area contributed by atoms with Gasteiger partial charge >= 0.3 is 0 Å². The van der Waals surface area contributed by atoms with Crippen molar-refractivity contribution in [2.45, 2.75) is 66.2 Å². The van der Waals surface area contributed by atoms with Gasteiger partial charge in [0.15, 0.2) is 0 Å². The van der Waals surface area contributed by atoms with Gasteiger partial charge < -0.3 is 9.13 Å². The molecule has 70 heavy (non-hydrogen) atoms. The molecule has 336 valence electrons. The first kappa shape index (κ1) is 41.1. The number of rotatable bonds is 4. The Morgan fingerprint density at radius 3 is 1.01 bits per heavy atom. The third kappa shape index (κ3) is 5.34. The molecule has 0 unspecified atom stereocenters. The molecule has 0 aliphatic heterocycles. The van der Waals surface area contributed by atoms with Crippen molar-refractivity contribution in [2.24, 2.45) is 0 Å². The summed E-state index contributed by atoms with van der Waals surface area (Å²) in [5.74, 6) is 0. The van der Waals surface area contributed by atoms with Crippen LogP contribution in [0.2, 0.25) is 0 Å². The van der Waals surface area contributed by atoms with E-state index < -0.39 is 0 Å². The van der Waals surface area contributed by atoms with E-state index in [4.69, 9.17) is 0 Å². The maximum atomic E-state index is 2.58. The lowest BCUT2D eigenvalue weighted by molar-refractivity contribution is 0.660. The standard InChI is InChI=1S/C68H54N2/c1-39-41(3)69(47-29-33-51-49-31-27-45(43-19-11-9-12-20-43)35-57(49)67(5,6)59(51)37-47)65-55-25-17-16-24-54(55)64-62-40(2)42(4)70(66(62)56-26-18-15-23-53(56)63(64)61(39)65)48-30-34-52-50-32-28-46(44-21-13-10-14-22-44)36-58(50)68(7,8)60(52)38-48/h9-38H,1-8H3. The van der Waals surface area contributed by atoms with Crippen LogP contribution in [-0.4, -0.2) is 9.13 Å². The van der Waals surface area contributed by atoms with Crippen molar-refractivity contribution < 1.29 is 0 Å². The summed E-state index contributed by atoms with van der Waals surface area (Å²) in [6, 6.07) is 68.7. The maximum absolute atomic E-state index is 2.58. The van der Waals surface area contributed by atoms with Gasteiger partial charge in [0.05, 0.1) is 11.0 Å². The highest BCUT2D eigenvalue weighted by Gasteiger charge is 2.38. The molecule has 0 saturated heterocycles. The highest BCUT2D eigenvalue weighted by atomic mass is 15.0. The quantitative estimate of drug-likeness (QED) is 0.156. The summed E-state index contributed by atoms with van der Waals surface area (Å²) < 4.78 is 5.16. The van der Waals surface area contributed by atoms with Crippen molar-refractivity contribution >= 4 is 54.1 Å². The van der Waals surface area contributed by atoms with Gasteiger partial charge in [0, 0.05) is 65.9 Å². The Bertz CT molecular complexity index is 3970. The second-order valence-corrected chi connectivity index (χ2v) is 21.3. The molecule has 0 spiro atoms. The summed E-state index contributed by atoms with van der Waals surface area (Å²) in [7, 11) is 0. The Hall–Kier alpha value is -7.94. The minimum Gasteiger partial charge on any atom is -0.313 e. The smallest absolute Gasteiger partial charge is 0.0619 e. The number of hydrogen-bond donors (Lipinski definition) is 0. The molecule has 2 nitrogen and oxygen atoms in total. The molecule has 2 heterocycles. The van der Waals surface area contributed by atoms with Gasteiger partial charge in [-0.05, 0) is 153 Å². The number of aromatic nitrogens is 2. The van der Waals surface area contributed by atoms with Crippen LogP contribution >= 0.6 is 0 Å². The van der Waals surface area contributed by atoms with Crippen LogP contribution in [0.15, 0.2) is 182 Å². The van der Waals surface area contributed by atoms with Crippen molar-refractivity contribution in [3.05, 3.63) is 227 Å². The van der Waals surface area contributed by atoms with Gasteiger partial charge in [-0.15, -0.1) is 0 Å². The number of hydrogen-bond acceptors (Lipinski definition) is 0. The molecule has 0 bridgehead atoms. The monoisotopic (exact) mass is 898 g/mol. The van der Waals surface area contributed by atoms with Gasteiger partial charge in [-0.2, -0.15) is 0 Å². The van der Waals surface area contributed by atoms with Gasteiger partial charge in [0.2, 0.25) is 0 Å². The van der Waals surface area contributed by atoms with Gasteiger partial charge in [0.25, 0.3) is 0 Å². The Balaban J connectivity index is 0.991. The first-order chi connectivity index (χ1) is 33.9. The molecule has 2 heteroatoms. The fourth-order valence-corrected chi connectivity index (χ4v) is 13.3. The average molecular weight is 899 g/mol. The Morgan fingerprint density at radius 2 is 0.629 bits per heavy atom. The summed E-state index contributed by atoms with van der Waals surface area (Å²) >= 11 is 0. The van der Waals surface area contributed by atoms with Crippen LogP contribution in [0.1, 0.15) is 72.5 Å². The van der Waals surface area contributed by atoms with Crippen molar-refractivity contribution in [2.75, 3.05) is 0 Å². The molecule has 0 fully saturated rings. The zero-order valence-corrected chi connectivity index (χ0v) is 41.2. The van der Waals surface area contributed by atoms with E-state index in [0.717, 1.165) is 0 Å². The topological polar surface area (TPSA) is 9.86 Å². The molecule has 0 radical (unpaired) electrons. The van der Waals surface area contributed by atoms with E-state index in [1.54, 1.807) is 0 Å². The fourth-order valence-electron chi connectivity index (χ4n) is 13.3. The molecule has 2 aromatic heterocycles. The first-order valence-corrected chi connectivity index (χ1v) is 25.0. The van der Waals surface area contributed by atoms with Gasteiger partial charge in [-0.25, -0.2) is 0 Å². The molecule has 12 aromatic rings. The van der Waals surface area contributed by atoms with Crippen LogP contribution in [0.3, 0.4) is 0 Å². The molecule has 14 rings (SSSR count). The lowest BCUT2D eigenvalue weighted by Gasteiger charge is -2.23. The van der Waals surface area contributed by atoms with Gasteiger partial charge in [-0.1, -0.05) is 173 Å². The van der Waals surface area contributed by atoms with E-state index in [0.29, 0.717) is 0 Å². The lowest BCUT2D eigenvalue weighted by atomic mass is 9.81. The van der Waals surface area contributed by atoms with E-state index >= 15 is 0 Å². The van der Waals surface area contributed by atoms with Crippen LogP contribution in [0.25, 0.3) is 110 Å². The summed E-state index contributed by atoms with van der Waals surface area (Å²) in [4.78, 5) is 0. The maximum Gasteiger partial charge on any atom is 0.0619 e. The molecule has 0 N–H and O–H groups in total. The first-order valence-electron chi connectivity index (χ1n) is 25.0.